The molecule has 1 aliphatic carbocycles. The summed E-state index contributed by atoms with van der Waals surface area (Å²) in [4.78, 5) is 4.57. The summed E-state index contributed by atoms with van der Waals surface area (Å²) in [7, 11) is 0. The molecule has 3 nitrogen and oxygen atoms in total. The third kappa shape index (κ3) is 4.50. The van der Waals surface area contributed by atoms with Gasteiger partial charge in [-0.05, 0) is 37.8 Å². The summed E-state index contributed by atoms with van der Waals surface area (Å²) < 4.78 is 6.07. The van der Waals surface area contributed by atoms with Gasteiger partial charge in [0, 0.05) is 12.6 Å². The number of pyridine rings is 1. The molecular formula is C16H26N2O. The van der Waals surface area contributed by atoms with E-state index in [9.17, 15) is 0 Å². The van der Waals surface area contributed by atoms with Crippen molar-refractivity contribution < 1.29 is 4.74 Å². The van der Waals surface area contributed by atoms with Crippen molar-refractivity contribution in [3.63, 3.8) is 0 Å². The molecule has 1 saturated carbocycles. The highest BCUT2D eigenvalue weighted by Gasteiger charge is 2.22. The summed E-state index contributed by atoms with van der Waals surface area (Å²) in [6, 6.07) is 6.06. The van der Waals surface area contributed by atoms with Crippen LogP contribution in [0.4, 0.5) is 0 Å². The van der Waals surface area contributed by atoms with Crippen LogP contribution < -0.4 is 10.1 Å². The van der Waals surface area contributed by atoms with Crippen LogP contribution in [0, 0.1) is 5.92 Å². The molecule has 2 rings (SSSR count). The van der Waals surface area contributed by atoms with Crippen LogP contribution in [0.3, 0.4) is 0 Å². The van der Waals surface area contributed by atoms with Crippen LogP contribution in [0.1, 0.15) is 51.6 Å². The zero-order valence-corrected chi connectivity index (χ0v) is 12.2. The van der Waals surface area contributed by atoms with E-state index in [2.05, 4.69) is 24.1 Å². The van der Waals surface area contributed by atoms with Gasteiger partial charge in [0.1, 0.15) is 6.10 Å². The summed E-state index contributed by atoms with van der Waals surface area (Å²) in [6.45, 7) is 6.17. The number of nitrogens with zero attached hydrogens (tertiary/aromatic N) is 1. The second-order valence-electron chi connectivity index (χ2n) is 5.43. The van der Waals surface area contributed by atoms with E-state index in [0.717, 1.165) is 30.6 Å². The van der Waals surface area contributed by atoms with Gasteiger partial charge in [-0.3, -0.25) is 0 Å². The standard InChI is InChI=1S/C16H26N2O/c1-3-13-7-5-9-15(11-13)19-16-10-6-8-14(18-16)12-17-4-2/h6,8,10,13,15,17H,3-5,7,9,11-12H2,1-2H3. The predicted molar refractivity (Wildman–Crippen MR) is 78.3 cm³/mol. The molecule has 3 heteroatoms. The fraction of sp³-hybridized carbons (Fsp3) is 0.688. The highest BCUT2D eigenvalue weighted by molar-refractivity contribution is 5.16. The minimum atomic E-state index is 0.362. The van der Waals surface area contributed by atoms with Gasteiger partial charge in [0.25, 0.3) is 0 Å². The Balaban J connectivity index is 1.90. The second-order valence-corrected chi connectivity index (χ2v) is 5.43. The largest absolute Gasteiger partial charge is 0.474 e. The average molecular weight is 262 g/mol. The monoisotopic (exact) mass is 262 g/mol. The van der Waals surface area contributed by atoms with Crippen LogP contribution in [0.2, 0.25) is 0 Å². The van der Waals surface area contributed by atoms with E-state index in [1.807, 2.05) is 18.2 Å². The van der Waals surface area contributed by atoms with E-state index >= 15 is 0 Å². The van der Waals surface area contributed by atoms with Crippen molar-refractivity contribution in [3.05, 3.63) is 23.9 Å². The van der Waals surface area contributed by atoms with Crippen LogP contribution in [0.15, 0.2) is 18.2 Å². The Morgan fingerprint density at radius 3 is 3.00 bits per heavy atom. The van der Waals surface area contributed by atoms with E-state index in [4.69, 9.17) is 4.74 Å². The van der Waals surface area contributed by atoms with E-state index in [0.29, 0.717) is 6.10 Å². The molecule has 0 bridgehead atoms. The van der Waals surface area contributed by atoms with Crippen molar-refractivity contribution in [1.29, 1.82) is 0 Å². The number of aromatic nitrogens is 1. The first-order valence-corrected chi connectivity index (χ1v) is 7.65. The van der Waals surface area contributed by atoms with Gasteiger partial charge in [-0.15, -0.1) is 0 Å². The molecule has 0 aromatic carbocycles. The van der Waals surface area contributed by atoms with Gasteiger partial charge in [0.15, 0.2) is 0 Å². The minimum Gasteiger partial charge on any atom is -0.474 e. The predicted octanol–water partition coefficient (Wildman–Crippen LogP) is 3.54. The first-order valence-electron chi connectivity index (χ1n) is 7.65. The average Bonchev–Trinajstić information content (AvgIpc) is 2.46. The quantitative estimate of drug-likeness (QED) is 0.851. The molecule has 0 amide bonds. The van der Waals surface area contributed by atoms with Crippen molar-refractivity contribution in [2.24, 2.45) is 5.92 Å². The number of hydrogen-bond acceptors (Lipinski definition) is 3. The lowest BCUT2D eigenvalue weighted by Crippen LogP contribution is -2.25. The fourth-order valence-corrected chi connectivity index (χ4v) is 2.77. The van der Waals surface area contributed by atoms with Gasteiger partial charge in [-0.25, -0.2) is 4.98 Å². The molecule has 0 saturated heterocycles. The zero-order chi connectivity index (χ0) is 13.5. The fourth-order valence-electron chi connectivity index (χ4n) is 2.77. The first-order chi connectivity index (χ1) is 9.31. The molecule has 1 aliphatic rings. The van der Waals surface area contributed by atoms with Gasteiger partial charge in [-0.1, -0.05) is 32.8 Å². The lowest BCUT2D eigenvalue weighted by atomic mass is 9.85. The van der Waals surface area contributed by atoms with E-state index in [1.165, 1.54) is 32.1 Å². The number of hydrogen-bond donors (Lipinski definition) is 1. The Morgan fingerprint density at radius 2 is 2.21 bits per heavy atom. The molecule has 2 unspecified atom stereocenters. The molecular weight excluding hydrogens is 236 g/mol. The number of rotatable bonds is 6. The first kappa shape index (κ1) is 14.3. The van der Waals surface area contributed by atoms with Crippen LogP contribution in [0.5, 0.6) is 5.88 Å². The molecule has 1 aromatic heterocycles. The Kier molecular flexibility index (Phi) is 5.64. The Bertz CT molecular complexity index is 381. The molecule has 1 aromatic rings. The lowest BCUT2D eigenvalue weighted by Gasteiger charge is -2.28. The topological polar surface area (TPSA) is 34.1 Å². The third-order valence-corrected chi connectivity index (χ3v) is 3.94. The van der Waals surface area contributed by atoms with Crippen molar-refractivity contribution in [1.82, 2.24) is 10.3 Å². The van der Waals surface area contributed by atoms with Gasteiger partial charge in [-0.2, -0.15) is 0 Å². The van der Waals surface area contributed by atoms with Crippen molar-refractivity contribution in [2.45, 2.75) is 58.6 Å². The van der Waals surface area contributed by atoms with Gasteiger partial charge < -0.3 is 10.1 Å². The van der Waals surface area contributed by atoms with Gasteiger partial charge in [0.2, 0.25) is 5.88 Å². The van der Waals surface area contributed by atoms with E-state index in [-0.39, 0.29) is 0 Å². The summed E-state index contributed by atoms with van der Waals surface area (Å²) >= 11 is 0. The van der Waals surface area contributed by atoms with Crippen LogP contribution >= 0.6 is 0 Å². The van der Waals surface area contributed by atoms with E-state index < -0.39 is 0 Å². The minimum absolute atomic E-state index is 0.362. The SMILES string of the molecule is CCNCc1cccc(OC2CCCC(CC)C2)n1. The van der Waals surface area contributed by atoms with Gasteiger partial charge in [0.05, 0.1) is 5.69 Å². The molecule has 106 valence electrons. The molecule has 0 aliphatic heterocycles. The van der Waals surface area contributed by atoms with Crippen LogP contribution in [-0.4, -0.2) is 17.6 Å². The molecule has 1 N–H and O–H groups in total. The maximum atomic E-state index is 6.07. The molecule has 1 heterocycles. The highest BCUT2D eigenvalue weighted by Crippen LogP contribution is 2.29. The third-order valence-electron chi connectivity index (χ3n) is 3.94. The normalized spacial score (nSPS) is 23.3. The lowest BCUT2D eigenvalue weighted by molar-refractivity contribution is 0.117. The zero-order valence-electron chi connectivity index (χ0n) is 12.2. The molecule has 2 atom stereocenters. The number of nitrogens with one attached hydrogen (secondary N) is 1. The van der Waals surface area contributed by atoms with Crippen molar-refractivity contribution in [2.75, 3.05) is 6.54 Å². The summed E-state index contributed by atoms with van der Waals surface area (Å²) in [5.74, 6) is 1.63. The molecule has 0 radical (unpaired) electrons. The van der Waals surface area contributed by atoms with Crippen molar-refractivity contribution in [3.8, 4) is 5.88 Å². The van der Waals surface area contributed by atoms with E-state index in [1.54, 1.807) is 0 Å². The Morgan fingerprint density at radius 1 is 1.32 bits per heavy atom. The second kappa shape index (κ2) is 7.49. The summed E-state index contributed by atoms with van der Waals surface area (Å²) in [6.07, 6.45) is 6.66. The van der Waals surface area contributed by atoms with Crippen LogP contribution in [-0.2, 0) is 6.54 Å². The number of ether oxygens (including phenoxy) is 1. The van der Waals surface area contributed by atoms with Crippen LogP contribution in [0.25, 0.3) is 0 Å². The summed E-state index contributed by atoms with van der Waals surface area (Å²) in [5.41, 5.74) is 1.06. The molecule has 19 heavy (non-hydrogen) atoms. The Labute approximate surface area is 116 Å². The molecule has 0 spiro atoms. The Hall–Kier alpha value is -1.09. The maximum Gasteiger partial charge on any atom is 0.213 e. The smallest absolute Gasteiger partial charge is 0.213 e. The molecule has 1 fully saturated rings. The van der Waals surface area contributed by atoms with Crippen molar-refractivity contribution >= 4 is 0 Å². The van der Waals surface area contributed by atoms with Gasteiger partial charge >= 0.3 is 0 Å². The maximum absolute atomic E-state index is 6.07. The summed E-state index contributed by atoms with van der Waals surface area (Å²) in [5, 5.41) is 3.29. The highest BCUT2D eigenvalue weighted by atomic mass is 16.5.